The lowest BCUT2D eigenvalue weighted by atomic mass is 9.43. The lowest BCUT2D eigenvalue weighted by Gasteiger charge is -2.63. The molecule has 4 aliphatic carbocycles. The molecule has 30 heavy (non-hydrogen) atoms. The monoisotopic (exact) mass is 422 g/mol. The second kappa shape index (κ2) is 8.04. The van der Waals surface area contributed by atoms with Crippen LogP contribution in [-0.4, -0.2) is 46.7 Å². The number of aliphatic hydroxyl groups excluding tert-OH is 3. The summed E-state index contributed by atoms with van der Waals surface area (Å²) in [5.41, 5.74) is -0.0882. The van der Waals surface area contributed by atoms with Crippen molar-refractivity contribution in [3.05, 3.63) is 0 Å². The number of esters is 1. The van der Waals surface area contributed by atoms with E-state index in [0.29, 0.717) is 36.0 Å². The zero-order chi connectivity index (χ0) is 21.8. The minimum atomic E-state index is -0.369. The van der Waals surface area contributed by atoms with Gasteiger partial charge in [0.1, 0.15) is 0 Å². The van der Waals surface area contributed by atoms with Crippen LogP contribution in [0.25, 0.3) is 0 Å². The minimum Gasteiger partial charge on any atom is -0.469 e. The fourth-order valence-corrected chi connectivity index (χ4v) is 8.78. The molecule has 4 saturated carbocycles. The van der Waals surface area contributed by atoms with Gasteiger partial charge in [-0.3, -0.25) is 4.79 Å². The van der Waals surface area contributed by atoms with Crippen molar-refractivity contribution in [2.45, 2.75) is 96.9 Å². The molecule has 5 nitrogen and oxygen atoms in total. The molecule has 0 spiro atoms. The van der Waals surface area contributed by atoms with Gasteiger partial charge in [0.15, 0.2) is 0 Å². The SMILES string of the molecule is COC(=O)CCC(C)C1CC[C@H]2[C@H]3C(O)C[C@@H]4C[C@H](O)CCC4(C)C3CC(O)C12C. The van der Waals surface area contributed by atoms with E-state index >= 15 is 0 Å². The average Bonchev–Trinajstić information content (AvgIpc) is 3.06. The van der Waals surface area contributed by atoms with E-state index < -0.39 is 0 Å². The van der Waals surface area contributed by atoms with Gasteiger partial charge in [-0.2, -0.15) is 0 Å². The predicted octanol–water partition coefficient (Wildman–Crippen LogP) is 3.54. The summed E-state index contributed by atoms with van der Waals surface area (Å²) in [5.74, 6) is 1.81. The van der Waals surface area contributed by atoms with Crippen molar-refractivity contribution < 1.29 is 24.9 Å². The van der Waals surface area contributed by atoms with Crippen LogP contribution >= 0.6 is 0 Å². The third-order valence-corrected chi connectivity index (χ3v) is 10.6. The average molecular weight is 423 g/mol. The summed E-state index contributed by atoms with van der Waals surface area (Å²) >= 11 is 0. The largest absolute Gasteiger partial charge is 0.469 e. The van der Waals surface area contributed by atoms with E-state index in [1.54, 1.807) is 0 Å². The first kappa shape index (κ1) is 22.5. The molecule has 4 aliphatic rings. The number of methoxy groups -OCH3 is 1. The van der Waals surface area contributed by atoms with Gasteiger partial charge in [-0.25, -0.2) is 0 Å². The van der Waals surface area contributed by atoms with Gasteiger partial charge < -0.3 is 20.1 Å². The smallest absolute Gasteiger partial charge is 0.305 e. The quantitative estimate of drug-likeness (QED) is 0.603. The zero-order valence-electron chi connectivity index (χ0n) is 19.2. The number of rotatable bonds is 4. The summed E-state index contributed by atoms with van der Waals surface area (Å²) in [6, 6.07) is 0. The molecule has 5 heteroatoms. The van der Waals surface area contributed by atoms with Crippen LogP contribution in [0.3, 0.4) is 0 Å². The van der Waals surface area contributed by atoms with Gasteiger partial charge in [-0.15, -0.1) is 0 Å². The first-order chi connectivity index (χ1) is 14.1. The first-order valence-corrected chi connectivity index (χ1v) is 12.2. The predicted molar refractivity (Wildman–Crippen MR) is 114 cm³/mol. The van der Waals surface area contributed by atoms with Crippen LogP contribution in [0.15, 0.2) is 0 Å². The Kier molecular flexibility index (Phi) is 6.04. The Balaban J connectivity index is 1.58. The van der Waals surface area contributed by atoms with Crippen molar-refractivity contribution in [3.63, 3.8) is 0 Å². The van der Waals surface area contributed by atoms with Gasteiger partial charge in [0.25, 0.3) is 0 Å². The molecule has 172 valence electrons. The van der Waals surface area contributed by atoms with E-state index in [0.717, 1.165) is 51.4 Å². The Labute approximate surface area is 181 Å². The van der Waals surface area contributed by atoms with E-state index in [2.05, 4.69) is 20.8 Å². The standard InChI is InChI=1S/C25H42O5/c1-14(5-8-22(29)30-4)17-6-7-18-23-19(13-21(28)25(17,18)3)24(2)10-9-16(26)11-15(24)12-20(23)27/h14-21,23,26-28H,5-13H2,1-4H3/t14?,15-,16+,17?,18-,19?,20?,21?,23+,24?,25?/m0/s1. The highest BCUT2D eigenvalue weighted by atomic mass is 16.5. The van der Waals surface area contributed by atoms with Crippen LogP contribution in [0.1, 0.15) is 78.6 Å². The highest BCUT2D eigenvalue weighted by Crippen LogP contribution is 2.68. The maximum absolute atomic E-state index is 11.7. The Morgan fingerprint density at radius 2 is 1.80 bits per heavy atom. The van der Waals surface area contributed by atoms with E-state index in [1.165, 1.54) is 7.11 Å². The third kappa shape index (κ3) is 3.34. The molecule has 0 aromatic rings. The maximum Gasteiger partial charge on any atom is 0.305 e. The molecule has 0 heterocycles. The summed E-state index contributed by atoms with van der Waals surface area (Å²) in [5, 5.41) is 33.1. The molecule has 0 bridgehead atoms. The van der Waals surface area contributed by atoms with Gasteiger partial charge in [0.2, 0.25) is 0 Å². The minimum absolute atomic E-state index is 0.111. The van der Waals surface area contributed by atoms with Crippen LogP contribution in [0, 0.1) is 46.3 Å². The molecule has 0 radical (unpaired) electrons. The number of ether oxygens (including phenoxy) is 1. The molecular formula is C25H42O5. The molecule has 0 saturated heterocycles. The second-order valence-corrected chi connectivity index (χ2v) is 11.6. The highest BCUT2D eigenvalue weighted by molar-refractivity contribution is 5.69. The molecule has 3 N–H and O–H groups in total. The van der Waals surface area contributed by atoms with Gasteiger partial charge in [0, 0.05) is 6.42 Å². The van der Waals surface area contributed by atoms with E-state index in [1.807, 2.05) is 0 Å². The van der Waals surface area contributed by atoms with Crippen LogP contribution in [-0.2, 0) is 9.53 Å². The molecule has 0 amide bonds. The molecule has 4 rings (SSSR count). The van der Waals surface area contributed by atoms with Gasteiger partial charge in [-0.1, -0.05) is 20.8 Å². The molecular weight excluding hydrogens is 380 g/mol. The number of fused-ring (bicyclic) bond motifs is 5. The van der Waals surface area contributed by atoms with E-state index in [9.17, 15) is 20.1 Å². The van der Waals surface area contributed by atoms with E-state index in [-0.39, 0.29) is 41.0 Å². The topological polar surface area (TPSA) is 87.0 Å². The van der Waals surface area contributed by atoms with Crippen molar-refractivity contribution in [1.29, 1.82) is 0 Å². The van der Waals surface area contributed by atoms with Crippen LogP contribution < -0.4 is 0 Å². The number of carbonyl (C=O) groups is 1. The molecule has 0 aromatic carbocycles. The Morgan fingerprint density at radius 3 is 2.50 bits per heavy atom. The van der Waals surface area contributed by atoms with Gasteiger partial charge in [0.05, 0.1) is 25.4 Å². The summed E-state index contributed by atoms with van der Waals surface area (Å²) in [4.78, 5) is 11.7. The Bertz CT molecular complexity index is 651. The fourth-order valence-electron chi connectivity index (χ4n) is 8.78. The number of hydrogen-bond acceptors (Lipinski definition) is 5. The molecule has 7 unspecified atom stereocenters. The van der Waals surface area contributed by atoms with Crippen molar-refractivity contribution in [2.75, 3.05) is 7.11 Å². The number of carbonyl (C=O) groups excluding carboxylic acids is 1. The van der Waals surface area contributed by atoms with Crippen LogP contribution in [0.4, 0.5) is 0 Å². The van der Waals surface area contributed by atoms with Crippen molar-refractivity contribution in [3.8, 4) is 0 Å². The number of aliphatic hydroxyl groups is 3. The van der Waals surface area contributed by atoms with Crippen molar-refractivity contribution >= 4 is 5.97 Å². The first-order valence-electron chi connectivity index (χ1n) is 12.2. The Morgan fingerprint density at radius 1 is 1.07 bits per heavy atom. The zero-order valence-corrected chi connectivity index (χ0v) is 19.2. The van der Waals surface area contributed by atoms with Crippen LogP contribution in [0.2, 0.25) is 0 Å². The third-order valence-electron chi connectivity index (χ3n) is 10.6. The maximum atomic E-state index is 11.7. The lowest BCUT2D eigenvalue weighted by Crippen LogP contribution is -2.62. The van der Waals surface area contributed by atoms with Gasteiger partial charge in [-0.05, 0) is 97.7 Å². The summed E-state index contributed by atoms with van der Waals surface area (Å²) < 4.78 is 4.83. The Hall–Kier alpha value is -0.650. The number of hydrogen-bond donors (Lipinski definition) is 3. The fraction of sp³-hybridized carbons (Fsp3) is 0.960. The van der Waals surface area contributed by atoms with Crippen molar-refractivity contribution in [2.24, 2.45) is 46.3 Å². The molecule has 0 aromatic heterocycles. The molecule has 0 aliphatic heterocycles. The highest BCUT2D eigenvalue weighted by Gasteiger charge is 2.65. The summed E-state index contributed by atoms with van der Waals surface area (Å²) in [7, 11) is 1.44. The summed E-state index contributed by atoms with van der Waals surface area (Å²) in [6.45, 7) is 6.85. The normalized spacial score (nSPS) is 51.4. The molecule has 4 fully saturated rings. The lowest BCUT2D eigenvalue weighted by molar-refractivity contribution is -0.207. The van der Waals surface area contributed by atoms with Crippen LogP contribution in [0.5, 0.6) is 0 Å². The van der Waals surface area contributed by atoms with E-state index in [4.69, 9.17) is 4.74 Å². The second-order valence-electron chi connectivity index (χ2n) is 11.6. The summed E-state index contributed by atoms with van der Waals surface area (Å²) in [6.07, 6.45) is 6.60. The molecule has 11 atom stereocenters. The van der Waals surface area contributed by atoms with Gasteiger partial charge >= 0.3 is 5.97 Å². The van der Waals surface area contributed by atoms with Crippen molar-refractivity contribution in [1.82, 2.24) is 0 Å².